The maximum absolute atomic E-state index is 13.6. The molecule has 2 aromatic carbocycles. The second-order valence-electron chi connectivity index (χ2n) is 4.72. The molecule has 0 aliphatic rings. The standard InChI is InChI=1S/C16H18FNO/c1-11-6-7-13(10-15(11)17)16(18-2)9-12-4-3-5-14(19)8-12/h3-8,10,16,18-19H,9H2,1-2H3. The van der Waals surface area contributed by atoms with Gasteiger partial charge in [0.25, 0.3) is 0 Å². The van der Waals surface area contributed by atoms with E-state index >= 15 is 0 Å². The highest BCUT2D eigenvalue weighted by Gasteiger charge is 2.12. The molecular weight excluding hydrogens is 241 g/mol. The summed E-state index contributed by atoms with van der Waals surface area (Å²) in [5, 5.41) is 12.7. The van der Waals surface area contributed by atoms with Crippen molar-refractivity contribution < 1.29 is 9.50 Å². The fraction of sp³-hybridized carbons (Fsp3) is 0.250. The molecule has 0 bridgehead atoms. The van der Waals surface area contributed by atoms with Crippen molar-refractivity contribution in [3.8, 4) is 5.75 Å². The molecule has 1 atom stereocenters. The highest BCUT2D eigenvalue weighted by molar-refractivity contribution is 5.31. The summed E-state index contributed by atoms with van der Waals surface area (Å²) in [6.07, 6.45) is 0.702. The quantitative estimate of drug-likeness (QED) is 0.882. The number of aryl methyl sites for hydroxylation is 1. The molecule has 2 N–H and O–H groups in total. The van der Waals surface area contributed by atoms with Gasteiger partial charge in [0, 0.05) is 6.04 Å². The first-order valence-electron chi connectivity index (χ1n) is 6.31. The second kappa shape index (κ2) is 5.85. The molecule has 3 heteroatoms. The molecule has 0 aromatic heterocycles. The summed E-state index contributed by atoms with van der Waals surface area (Å²) < 4.78 is 13.6. The minimum atomic E-state index is -0.186. The van der Waals surface area contributed by atoms with Crippen molar-refractivity contribution in [3.63, 3.8) is 0 Å². The predicted octanol–water partition coefficient (Wildman–Crippen LogP) is 3.34. The van der Waals surface area contributed by atoms with Crippen molar-refractivity contribution in [2.24, 2.45) is 0 Å². The molecule has 2 rings (SSSR count). The number of hydrogen-bond donors (Lipinski definition) is 2. The molecule has 2 aromatic rings. The van der Waals surface area contributed by atoms with Crippen LogP contribution in [0.5, 0.6) is 5.75 Å². The van der Waals surface area contributed by atoms with Crippen LogP contribution in [0.25, 0.3) is 0 Å². The van der Waals surface area contributed by atoms with Crippen LogP contribution in [0.1, 0.15) is 22.7 Å². The lowest BCUT2D eigenvalue weighted by atomic mass is 9.98. The normalized spacial score (nSPS) is 12.4. The SMILES string of the molecule is CNC(Cc1cccc(O)c1)c1ccc(C)c(F)c1. The van der Waals surface area contributed by atoms with Gasteiger partial charge in [-0.1, -0.05) is 24.3 Å². The second-order valence-corrected chi connectivity index (χ2v) is 4.72. The van der Waals surface area contributed by atoms with Crippen LogP contribution < -0.4 is 5.32 Å². The van der Waals surface area contributed by atoms with Crippen molar-refractivity contribution in [2.45, 2.75) is 19.4 Å². The first kappa shape index (κ1) is 13.6. The van der Waals surface area contributed by atoms with Gasteiger partial charge in [-0.15, -0.1) is 0 Å². The van der Waals surface area contributed by atoms with Crippen molar-refractivity contribution in [1.82, 2.24) is 5.32 Å². The number of rotatable bonds is 4. The van der Waals surface area contributed by atoms with E-state index in [0.29, 0.717) is 12.0 Å². The Morgan fingerprint density at radius 2 is 2.00 bits per heavy atom. The molecule has 2 nitrogen and oxygen atoms in total. The predicted molar refractivity (Wildman–Crippen MR) is 74.7 cm³/mol. The number of benzene rings is 2. The first-order chi connectivity index (χ1) is 9.10. The summed E-state index contributed by atoms with van der Waals surface area (Å²) in [6, 6.07) is 12.5. The summed E-state index contributed by atoms with van der Waals surface area (Å²) in [5.41, 5.74) is 2.57. The van der Waals surface area contributed by atoms with Gasteiger partial charge in [0.15, 0.2) is 0 Å². The van der Waals surface area contributed by atoms with Crippen LogP contribution >= 0.6 is 0 Å². The van der Waals surface area contributed by atoms with Gasteiger partial charge >= 0.3 is 0 Å². The van der Waals surface area contributed by atoms with Gasteiger partial charge < -0.3 is 10.4 Å². The Labute approximate surface area is 112 Å². The van der Waals surface area contributed by atoms with Gasteiger partial charge in [-0.3, -0.25) is 0 Å². The lowest BCUT2D eigenvalue weighted by molar-refractivity contribution is 0.473. The Hall–Kier alpha value is -1.87. The lowest BCUT2D eigenvalue weighted by Gasteiger charge is -2.17. The van der Waals surface area contributed by atoms with E-state index in [1.54, 1.807) is 31.2 Å². The van der Waals surface area contributed by atoms with Crippen LogP contribution in [-0.4, -0.2) is 12.2 Å². The number of halogens is 1. The van der Waals surface area contributed by atoms with Crippen LogP contribution in [0.15, 0.2) is 42.5 Å². The summed E-state index contributed by atoms with van der Waals surface area (Å²) in [4.78, 5) is 0. The van der Waals surface area contributed by atoms with Gasteiger partial charge in [-0.05, 0) is 55.3 Å². The molecule has 0 heterocycles. The van der Waals surface area contributed by atoms with Gasteiger partial charge in [0.2, 0.25) is 0 Å². The minimum absolute atomic E-state index is 0.0249. The van der Waals surface area contributed by atoms with Crippen LogP contribution in [0, 0.1) is 12.7 Å². The average molecular weight is 259 g/mol. The zero-order valence-electron chi connectivity index (χ0n) is 11.2. The van der Waals surface area contributed by atoms with E-state index in [2.05, 4.69) is 5.32 Å². The molecule has 0 aliphatic heterocycles. The molecule has 0 saturated heterocycles. The zero-order valence-corrected chi connectivity index (χ0v) is 11.2. The van der Waals surface area contributed by atoms with E-state index < -0.39 is 0 Å². The fourth-order valence-corrected chi connectivity index (χ4v) is 2.13. The van der Waals surface area contributed by atoms with Crippen LogP contribution in [0.2, 0.25) is 0 Å². The smallest absolute Gasteiger partial charge is 0.126 e. The summed E-state index contributed by atoms with van der Waals surface area (Å²) >= 11 is 0. The molecule has 0 amide bonds. The van der Waals surface area contributed by atoms with Crippen LogP contribution in [-0.2, 0) is 6.42 Å². The van der Waals surface area contributed by atoms with Crippen LogP contribution in [0.3, 0.4) is 0 Å². The van der Waals surface area contributed by atoms with E-state index in [-0.39, 0.29) is 17.6 Å². The molecule has 1 unspecified atom stereocenters. The Morgan fingerprint density at radius 3 is 2.63 bits per heavy atom. The fourth-order valence-electron chi connectivity index (χ4n) is 2.13. The molecule has 0 aliphatic carbocycles. The number of hydrogen-bond acceptors (Lipinski definition) is 2. The Kier molecular flexibility index (Phi) is 4.17. The van der Waals surface area contributed by atoms with Crippen molar-refractivity contribution in [1.29, 1.82) is 0 Å². The Balaban J connectivity index is 2.22. The molecule has 0 radical (unpaired) electrons. The topological polar surface area (TPSA) is 32.3 Å². The van der Waals surface area contributed by atoms with E-state index in [1.807, 2.05) is 25.2 Å². The van der Waals surface area contributed by atoms with E-state index in [0.717, 1.165) is 11.1 Å². The maximum atomic E-state index is 13.6. The Bertz CT molecular complexity index is 568. The monoisotopic (exact) mass is 259 g/mol. The third kappa shape index (κ3) is 3.32. The number of phenolic OH excluding ortho intramolecular Hbond substituents is 1. The molecule has 0 spiro atoms. The van der Waals surface area contributed by atoms with Crippen molar-refractivity contribution in [2.75, 3.05) is 7.05 Å². The number of nitrogens with one attached hydrogen (secondary N) is 1. The highest BCUT2D eigenvalue weighted by Crippen LogP contribution is 2.22. The summed E-state index contributed by atoms with van der Waals surface area (Å²) in [5.74, 6) is 0.0658. The molecule has 100 valence electrons. The summed E-state index contributed by atoms with van der Waals surface area (Å²) in [7, 11) is 1.85. The first-order valence-corrected chi connectivity index (χ1v) is 6.31. The van der Waals surface area contributed by atoms with E-state index in [1.165, 1.54) is 0 Å². The molecule has 19 heavy (non-hydrogen) atoms. The average Bonchev–Trinajstić information content (AvgIpc) is 2.39. The van der Waals surface area contributed by atoms with Gasteiger partial charge in [-0.2, -0.15) is 0 Å². The lowest BCUT2D eigenvalue weighted by Crippen LogP contribution is -2.19. The van der Waals surface area contributed by atoms with Gasteiger partial charge in [0.1, 0.15) is 11.6 Å². The highest BCUT2D eigenvalue weighted by atomic mass is 19.1. The van der Waals surface area contributed by atoms with Gasteiger partial charge in [0.05, 0.1) is 0 Å². The maximum Gasteiger partial charge on any atom is 0.126 e. The van der Waals surface area contributed by atoms with Gasteiger partial charge in [-0.25, -0.2) is 4.39 Å². The summed E-state index contributed by atoms with van der Waals surface area (Å²) in [6.45, 7) is 1.75. The van der Waals surface area contributed by atoms with E-state index in [4.69, 9.17) is 0 Å². The minimum Gasteiger partial charge on any atom is -0.508 e. The number of phenols is 1. The Morgan fingerprint density at radius 1 is 1.21 bits per heavy atom. The third-order valence-electron chi connectivity index (χ3n) is 3.30. The largest absolute Gasteiger partial charge is 0.508 e. The molecule has 0 saturated carbocycles. The van der Waals surface area contributed by atoms with E-state index in [9.17, 15) is 9.50 Å². The zero-order chi connectivity index (χ0) is 13.8. The molecule has 0 fully saturated rings. The molecular formula is C16H18FNO. The number of aromatic hydroxyl groups is 1. The third-order valence-corrected chi connectivity index (χ3v) is 3.30. The van der Waals surface area contributed by atoms with Crippen LogP contribution in [0.4, 0.5) is 4.39 Å². The number of likely N-dealkylation sites (N-methyl/N-ethyl adjacent to an activating group) is 1. The van der Waals surface area contributed by atoms with Crippen molar-refractivity contribution >= 4 is 0 Å². The van der Waals surface area contributed by atoms with Crippen molar-refractivity contribution in [3.05, 3.63) is 65.0 Å².